The average Bonchev–Trinajstić information content (AvgIpc) is 2.65. The Morgan fingerprint density at radius 3 is 2.16 bits per heavy atom. The minimum atomic E-state index is 0.765. The fourth-order valence-corrected chi connectivity index (χ4v) is 3.41. The van der Waals surface area contributed by atoms with Crippen molar-refractivity contribution in [2.24, 2.45) is 0 Å². The van der Waals surface area contributed by atoms with Gasteiger partial charge in [0.2, 0.25) is 0 Å². The lowest BCUT2D eigenvalue weighted by Crippen LogP contribution is -2.47. The van der Waals surface area contributed by atoms with Crippen LogP contribution in [0.3, 0.4) is 0 Å². The van der Waals surface area contributed by atoms with Crippen LogP contribution in [-0.4, -0.2) is 41.1 Å². The minimum absolute atomic E-state index is 0.765. The van der Waals surface area contributed by atoms with Gasteiger partial charge in [0.05, 0.1) is 5.52 Å². The van der Waals surface area contributed by atoms with Gasteiger partial charge in [-0.15, -0.1) is 0 Å². The van der Waals surface area contributed by atoms with E-state index < -0.39 is 0 Å². The van der Waals surface area contributed by atoms with Crippen molar-refractivity contribution in [2.45, 2.75) is 13.8 Å². The first kappa shape index (κ1) is 16.1. The first-order valence-corrected chi connectivity index (χ1v) is 8.85. The first-order chi connectivity index (χ1) is 12.1. The lowest BCUT2D eigenvalue weighted by atomic mass is 10.1. The molecule has 0 unspecified atom stereocenters. The normalized spacial score (nSPS) is 15.0. The van der Waals surface area contributed by atoms with Crippen molar-refractivity contribution in [3.63, 3.8) is 0 Å². The molecule has 128 valence electrons. The average molecular weight is 354 g/mol. The second-order valence-corrected chi connectivity index (χ2v) is 6.76. The van der Waals surface area contributed by atoms with Gasteiger partial charge in [-0.3, -0.25) is 0 Å². The van der Waals surface area contributed by atoms with E-state index in [-0.39, 0.29) is 0 Å². The third-order valence-electron chi connectivity index (χ3n) is 4.72. The summed E-state index contributed by atoms with van der Waals surface area (Å²) in [6, 6.07) is 10.2. The van der Waals surface area contributed by atoms with Gasteiger partial charge in [-0.2, -0.15) is 0 Å². The SMILES string of the molecule is Cc1nccc(N2CCN(c3ccc4ccc(Cl)c(C)c4n3)CC2)n1. The number of nitrogens with zero attached hydrogens (tertiary/aromatic N) is 5. The van der Waals surface area contributed by atoms with E-state index in [4.69, 9.17) is 16.6 Å². The molecule has 6 heteroatoms. The molecule has 3 aromatic rings. The molecular formula is C19H20ClN5. The summed E-state index contributed by atoms with van der Waals surface area (Å²) < 4.78 is 0. The van der Waals surface area contributed by atoms with E-state index in [9.17, 15) is 0 Å². The Kier molecular flexibility index (Phi) is 4.17. The molecule has 0 radical (unpaired) electrons. The molecule has 2 aromatic heterocycles. The Morgan fingerprint density at radius 2 is 1.48 bits per heavy atom. The summed E-state index contributed by atoms with van der Waals surface area (Å²) >= 11 is 6.25. The molecule has 3 heterocycles. The fraction of sp³-hybridized carbons (Fsp3) is 0.316. The molecule has 5 nitrogen and oxygen atoms in total. The highest BCUT2D eigenvalue weighted by Crippen LogP contribution is 2.27. The van der Waals surface area contributed by atoms with Crippen molar-refractivity contribution >= 4 is 34.1 Å². The zero-order valence-electron chi connectivity index (χ0n) is 14.4. The van der Waals surface area contributed by atoms with Crippen molar-refractivity contribution in [1.29, 1.82) is 0 Å². The van der Waals surface area contributed by atoms with Crippen molar-refractivity contribution in [1.82, 2.24) is 15.0 Å². The second kappa shape index (κ2) is 6.48. The molecule has 4 rings (SSSR count). The maximum absolute atomic E-state index is 6.25. The van der Waals surface area contributed by atoms with E-state index in [1.54, 1.807) is 0 Å². The van der Waals surface area contributed by atoms with E-state index in [2.05, 4.69) is 31.9 Å². The van der Waals surface area contributed by atoms with Gasteiger partial charge in [0, 0.05) is 42.8 Å². The number of aryl methyl sites for hydroxylation is 2. The smallest absolute Gasteiger partial charge is 0.132 e. The standard InChI is InChI=1S/C19H20ClN5/c1-13-16(20)5-3-15-4-6-17(23-19(13)15)24-9-11-25(12-10-24)18-7-8-21-14(2)22-18/h3-8H,9-12H2,1-2H3. The molecule has 1 aromatic carbocycles. The Labute approximate surface area is 152 Å². The number of pyridine rings is 1. The van der Waals surface area contributed by atoms with E-state index in [0.717, 1.165) is 65.1 Å². The number of hydrogen-bond acceptors (Lipinski definition) is 5. The van der Waals surface area contributed by atoms with Crippen molar-refractivity contribution in [3.8, 4) is 0 Å². The zero-order chi connectivity index (χ0) is 17.4. The predicted molar refractivity (Wildman–Crippen MR) is 103 cm³/mol. The van der Waals surface area contributed by atoms with Gasteiger partial charge in [-0.05, 0) is 43.7 Å². The largest absolute Gasteiger partial charge is 0.353 e. The van der Waals surface area contributed by atoms with Gasteiger partial charge >= 0.3 is 0 Å². The first-order valence-electron chi connectivity index (χ1n) is 8.47. The topological polar surface area (TPSA) is 45.2 Å². The van der Waals surface area contributed by atoms with Gasteiger partial charge in [0.15, 0.2) is 0 Å². The Hall–Kier alpha value is -2.40. The number of halogens is 1. The number of hydrogen-bond donors (Lipinski definition) is 0. The van der Waals surface area contributed by atoms with Crippen LogP contribution in [0.2, 0.25) is 5.02 Å². The van der Waals surface area contributed by atoms with Crippen LogP contribution < -0.4 is 9.80 Å². The molecule has 0 aliphatic carbocycles. The highest BCUT2D eigenvalue weighted by Gasteiger charge is 2.19. The molecule has 0 atom stereocenters. The number of anilines is 2. The Balaban J connectivity index is 1.54. The summed E-state index contributed by atoms with van der Waals surface area (Å²) in [7, 11) is 0. The van der Waals surface area contributed by atoms with Crippen LogP contribution in [0.5, 0.6) is 0 Å². The molecule has 0 spiro atoms. The molecule has 1 saturated heterocycles. The van der Waals surface area contributed by atoms with Crippen LogP contribution >= 0.6 is 11.6 Å². The third-order valence-corrected chi connectivity index (χ3v) is 5.13. The molecule has 1 fully saturated rings. The van der Waals surface area contributed by atoms with Crippen LogP contribution in [0.4, 0.5) is 11.6 Å². The minimum Gasteiger partial charge on any atom is -0.353 e. The number of benzene rings is 1. The summed E-state index contributed by atoms with van der Waals surface area (Å²) in [6.07, 6.45) is 1.82. The summed E-state index contributed by atoms with van der Waals surface area (Å²) in [5, 5.41) is 1.89. The van der Waals surface area contributed by atoms with E-state index >= 15 is 0 Å². The maximum atomic E-state index is 6.25. The molecule has 0 N–H and O–H groups in total. The van der Waals surface area contributed by atoms with Crippen LogP contribution in [-0.2, 0) is 0 Å². The van der Waals surface area contributed by atoms with Gasteiger partial charge in [-0.25, -0.2) is 15.0 Å². The van der Waals surface area contributed by atoms with Crippen LogP contribution in [0.15, 0.2) is 36.5 Å². The predicted octanol–water partition coefficient (Wildman–Crippen LogP) is 3.62. The molecule has 0 bridgehead atoms. The van der Waals surface area contributed by atoms with Gasteiger partial charge in [-0.1, -0.05) is 17.7 Å². The van der Waals surface area contributed by atoms with E-state index in [0.29, 0.717) is 0 Å². The highest BCUT2D eigenvalue weighted by molar-refractivity contribution is 6.32. The Bertz CT molecular complexity index is 919. The summed E-state index contributed by atoms with van der Waals surface area (Å²) in [5.41, 5.74) is 2.02. The fourth-order valence-electron chi connectivity index (χ4n) is 3.26. The molecule has 0 saturated carbocycles. The second-order valence-electron chi connectivity index (χ2n) is 6.35. The quantitative estimate of drug-likeness (QED) is 0.704. The van der Waals surface area contributed by atoms with E-state index in [1.807, 2.05) is 38.2 Å². The monoisotopic (exact) mass is 353 g/mol. The molecule has 0 amide bonds. The number of aromatic nitrogens is 3. The van der Waals surface area contributed by atoms with Crippen molar-refractivity contribution < 1.29 is 0 Å². The van der Waals surface area contributed by atoms with Crippen molar-refractivity contribution in [3.05, 3.63) is 52.9 Å². The van der Waals surface area contributed by atoms with Crippen LogP contribution in [0, 0.1) is 13.8 Å². The molecule has 25 heavy (non-hydrogen) atoms. The van der Waals surface area contributed by atoms with Crippen molar-refractivity contribution in [2.75, 3.05) is 36.0 Å². The number of rotatable bonds is 2. The zero-order valence-corrected chi connectivity index (χ0v) is 15.2. The molecule has 1 aliphatic heterocycles. The summed E-state index contributed by atoms with van der Waals surface area (Å²) in [5.74, 6) is 2.82. The Morgan fingerprint density at radius 1 is 0.840 bits per heavy atom. The summed E-state index contributed by atoms with van der Waals surface area (Å²) in [6.45, 7) is 7.63. The van der Waals surface area contributed by atoms with Crippen LogP contribution in [0.1, 0.15) is 11.4 Å². The molecule has 1 aliphatic rings. The number of fused-ring (bicyclic) bond motifs is 1. The summed E-state index contributed by atoms with van der Waals surface area (Å²) in [4.78, 5) is 18.2. The third kappa shape index (κ3) is 3.12. The van der Waals surface area contributed by atoms with Gasteiger partial charge in [0.25, 0.3) is 0 Å². The van der Waals surface area contributed by atoms with Crippen LogP contribution in [0.25, 0.3) is 10.9 Å². The van der Waals surface area contributed by atoms with E-state index in [1.165, 1.54) is 0 Å². The molecular weight excluding hydrogens is 334 g/mol. The van der Waals surface area contributed by atoms with Gasteiger partial charge in [0.1, 0.15) is 17.5 Å². The lowest BCUT2D eigenvalue weighted by Gasteiger charge is -2.36. The van der Waals surface area contributed by atoms with Gasteiger partial charge < -0.3 is 9.80 Å². The maximum Gasteiger partial charge on any atom is 0.132 e. The number of piperazine rings is 1. The lowest BCUT2D eigenvalue weighted by molar-refractivity contribution is 0.641. The highest BCUT2D eigenvalue weighted by atomic mass is 35.5.